The van der Waals surface area contributed by atoms with Crippen molar-refractivity contribution in [1.29, 1.82) is 0 Å². The van der Waals surface area contributed by atoms with E-state index >= 15 is 0 Å². The van der Waals surface area contributed by atoms with Crippen LogP contribution in [-0.2, 0) is 0 Å². The molecule has 0 heterocycles. The van der Waals surface area contributed by atoms with Crippen molar-refractivity contribution in [3.05, 3.63) is 0 Å². The SMILES string of the molecule is C#CCN(C)C(C)CCCCC.C#CCN[C@@H](C)CCCCC.C#CCN[C@H](C)CCCCC. The van der Waals surface area contributed by atoms with Crippen molar-refractivity contribution in [2.75, 3.05) is 26.7 Å². The van der Waals surface area contributed by atoms with Crippen LogP contribution in [0.25, 0.3) is 0 Å². The van der Waals surface area contributed by atoms with Crippen LogP contribution in [0.5, 0.6) is 0 Å². The van der Waals surface area contributed by atoms with Gasteiger partial charge in [0.05, 0.1) is 19.6 Å². The normalized spacial score (nSPS) is 12.6. The van der Waals surface area contributed by atoms with E-state index in [1.807, 2.05) is 0 Å². The fraction of sp³-hybridized carbons (Fsp3) is 0.806. The van der Waals surface area contributed by atoms with Crippen molar-refractivity contribution in [1.82, 2.24) is 15.5 Å². The van der Waals surface area contributed by atoms with Gasteiger partial charge in [-0.3, -0.25) is 4.90 Å². The summed E-state index contributed by atoms with van der Waals surface area (Å²) in [4.78, 5) is 2.23. The molecule has 0 saturated carbocycles. The lowest BCUT2D eigenvalue weighted by atomic mass is 10.1. The lowest BCUT2D eigenvalue weighted by molar-refractivity contribution is 0.269. The predicted molar refractivity (Wildman–Crippen MR) is 156 cm³/mol. The molecule has 0 aromatic rings. The number of nitrogens with zero attached hydrogens (tertiary/aromatic N) is 1. The van der Waals surface area contributed by atoms with Gasteiger partial charge in [0.15, 0.2) is 0 Å². The average Bonchev–Trinajstić information content (AvgIpc) is 2.83. The maximum absolute atomic E-state index is 5.23. The van der Waals surface area contributed by atoms with Crippen molar-refractivity contribution in [2.45, 2.75) is 137 Å². The van der Waals surface area contributed by atoms with Crippen LogP contribution in [0.1, 0.15) is 119 Å². The highest BCUT2D eigenvalue weighted by atomic mass is 15.1. The topological polar surface area (TPSA) is 27.3 Å². The summed E-state index contributed by atoms with van der Waals surface area (Å²) < 4.78 is 0. The predicted octanol–water partition coefficient (Wildman–Crippen LogP) is 6.88. The first-order valence-corrected chi connectivity index (χ1v) is 13.8. The van der Waals surface area contributed by atoms with Gasteiger partial charge in [-0.15, -0.1) is 19.3 Å². The maximum Gasteiger partial charge on any atom is 0.0598 e. The lowest BCUT2D eigenvalue weighted by Gasteiger charge is -2.22. The summed E-state index contributed by atoms with van der Waals surface area (Å²) in [5.41, 5.74) is 0. The zero-order valence-corrected chi connectivity index (χ0v) is 24.0. The second-order valence-electron chi connectivity index (χ2n) is 9.43. The van der Waals surface area contributed by atoms with Gasteiger partial charge in [-0.1, -0.05) is 96.3 Å². The molecule has 0 aliphatic rings. The summed E-state index contributed by atoms with van der Waals surface area (Å²) in [6.45, 7) is 15.5. The van der Waals surface area contributed by atoms with Gasteiger partial charge in [0.1, 0.15) is 0 Å². The molecule has 0 rings (SSSR count). The Bertz CT molecular complexity index is 478. The van der Waals surface area contributed by atoms with Crippen LogP contribution >= 0.6 is 0 Å². The summed E-state index contributed by atoms with van der Waals surface area (Å²) >= 11 is 0. The highest BCUT2D eigenvalue weighted by molar-refractivity contribution is 4.89. The third-order valence-corrected chi connectivity index (χ3v) is 5.91. The van der Waals surface area contributed by atoms with Crippen LogP contribution < -0.4 is 10.6 Å². The van der Waals surface area contributed by atoms with Crippen LogP contribution in [-0.4, -0.2) is 49.7 Å². The molecule has 0 fully saturated rings. The molecule has 0 spiro atoms. The first kappa shape index (κ1) is 37.1. The smallest absolute Gasteiger partial charge is 0.0598 e. The van der Waals surface area contributed by atoms with E-state index in [1.165, 1.54) is 77.0 Å². The summed E-state index contributed by atoms with van der Waals surface area (Å²) in [6.07, 6.45) is 31.1. The van der Waals surface area contributed by atoms with Crippen LogP contribution in [0, 0.1) is 37.0 Å². The molecule has 3 atom stereocenters. The molecule has 0 aromatic heterocycles. The van der Waals surface area contributed by atoms with E-state index in [0.29, 0.717) is 31.2 Å². The number of nitrogens with one attached hydrogen (secondary N) is 2. The summed E-state index contributed by atoms with van der Waals surface area (Å²) in [5, 5.41) is 6.51. The second-order valence-corrected chi connectivity index (χ2v) is 9.43. The number of unbranched alkanes of at least 4 members (excludes halogenated alkanes) is 6. The Labute approximate surface area is 216 Å². The Hall–Kier alpha value is -1.44. The molecule has 0 saturated heterocycles. The van der Waals surface area contributed by atoms with E-state index < -0.39 is 0 Å². The van der Waals surface area contributed by atoms with Gasteiger partial charge >= 0.3 is 0 Å². The highest BCUT2D eigenvalue weighted by Crippen LogP contribution is 2.07. The number of hydrogen-bond acceptors (Lipinski definition) is 3. The van der Waals surface area contributed by atoms with E-state index in [9.17, 15) is 0 Å². The molecule has 0 aliphatic carbocycles. The Balaban J connectivity index is -0.000000425. The molecular formula is C31H59N3. The Morgan fingerprint density at radius 2 is 1.00 bits per heavy atom. The second kappa shape index (κ2) is 31.6. The van der Waals surface area contributed by atoms with E-state index in [2.05, 4.69) is 81.9 Å². The van der Waals surface area contributed by atoms with Gasteiger partial charge in [0, 0.05) is 18.1 Å². The molecule has 0 aromatic carbocycles. The molecule has 0 radical (unpaired) electrons. The molecule has 198 valence electrons. The van der Waals surface area contributed by atoms with E-state index in [-0.39, 0.29) is 0 Å². The lowest BCUT2D eigenvalue weighted by Crippen LogP contribution is -2.29. The fourth-order valence-corrected chi connectivity index (χ4v) is 3.28. The van der Waals surface area contributed by atoms with Gasteiger partial charge in [-0.2, -0.15) is 0 Å². The van der Waals surface area contributed by atoms with Gasteiger partial charge in [0.2, 0.25) is 0 Å². The number of hydrogen-bond donors (Lipinski definition) is 2. The van der Waals surface area contributed by atoms with Gasteiger partial charge in [0.25, 0.3) is 0 Å². The number of terminal acetylenes is 3. The van der Waals surface area contributed by atoms with E-state index in [4.69, 9.17) is 19.3 Å². The molecule has 0 amide bonds. The summed E-state index contributed by atoms with van der Waals surface area (Å²) in [7, 11) is 2.09. The van der Waals surface area contributed by atoms with Gasteiger partial charge in [-0.25, -0.2) is 0 Å². The average molecular weight is 474 g/mol. The quantitative estimate of drug-likeness (QED) is 0.168. The minimum atomic E-state index is 0.581. The zero-order valence-electron chi connectivity index (χ0n) is 24.0. The highest BCUT2D eigenvalue weighted by Gasteiger charge is 2.06. The standard InChI is InChI=1S/C11H21N.2C10H19N/c1-5-7-8-9-11(3)12(4)10-6-2;2*1-4-6-7-8-10(3)11-9-5-2/h2,11H,5,7-10H2,1,3-4H3;2*2,10-11H,4,6-9H2,1,3H3/t;2*10-/m.10/s1. The summed E-state index contributed by atoms with van der Waals surface area (Å²) in [6, 6.07) is 1.79. The summed E-state index contributed by atoms with van der Waals surface area (Å²) in [5.74, 6) is 7.82. The fourth-order valence-electron chi connectivity index (χ4n) is 3.28. The molecule has 2 N–H and O–H groups in total. The zero-order chi connectivity index (χ0) is 26.5. The number of rotatable bonds is 18. The van der Waals surface area contributed by atoms with Crippen LogP contribution in [0.3, 0.4) is 0 Å². The largest absolute Gasteiger partial charge is 0.304 e. The van der Waals surface area contributed by atoms with Crippen molar-refractivity contribution in [3.8, 4) is 37.0 Å². The van der Waals surface area contributed by atoms with Crippen molar-refractivity contribution >= 4 is 0 Å². The molecule has 3 heteroatoms. The molecule has 3 nitrogen and oxygen atoms in total. The van der Waals surface area contributed by atoms with Crippen molar-refractivity contribution < 1.29 is 0 Å². The van der Waals surface area contributed by atoms with E-state index in [1.54, 1.807) is 0 Å². The van der Waals surface area contributed by atoms with Gasteiger partial charge < -0.3 is 10.6 Å². The first-order chi connectivity index (χ1) is 16.3. The molecule has 34 heavy (non-hydrogen) atoms. The third-order valence-electron chi connectivity index (χ3n) is 5.91. The molecule has 0 aliphatic heterocycles. The molecular weight excluding hydrogens is 414 g/mol. The molecule has 0 bridgehead atoms. The van der Waals surface area contributed by atoms with E-state index in [0.717, 1.165) is 6.54 Å². The van der Waals surface area contributed by atoms with Crippen LogP contribution in [0.15, 0.2) is 0 Å². The van der Waals surface area contributed by atoms with Crippen LogP contribution in [0.2, 0.25) is 0 Å². The third kappa shape index (κ3) is 32.7. The maximum atomic E-state index is 5.23. The van der Waals surface area contributed by atoms with Gasteiger partial charge in [-0.05, 0) is 47.1 Å². The Kier molecular flexibility index (Phi) is 34.5. The Morgan fingerprint density at radius 1 is 0.618 bits per heavy atom. The monoisotopic (exact) mass is 473 g/mol. The van der Waals surface area contributed by atoms with Crippen LogP contribution in [0.4, 0.5) is 0 Å². The minimum Gasteiger partial charge on any atom is -0.304 e. The van der Waals surface area contributed by atoms with Crippen molar-refractivity contribution in [2.24, 2.45) is 0 Å². The Morgan fingerprint density at radius 3 is 1.32 bits per heavy atom. The van der Waals surface area contributed by atoms with Crippen molar-refractivity contribution in [3.63, 3.8) is 0 Å². The minimum absolute atomic E-state index is 0.581. The first-order valence-electron chi connectivity index (χ1n) is 13.8. The molecule has 1 unspecified atom stereocenters.